The van der Waals surface area contributed by atoms with Crippen molar-refractivity contribution in [3.63, 3.8) is 0 Å². The van der Waals surface area contributed by atoms with Crippen molar-refractivity contribution in [2.75, 3.05) is 18.1 Å². The van der Waals surface area contributed by atoms with E-state index in [1.54, 1.807) is 6.92 Å². The third kappa shape index (κ3) is 4.77. The van der Waals surface area contributed by atoms with E-state index in [4.69, 9.17) is 4.74 Å². The maximum absolute atomic E-state index is 11.3. The summed E-state index contributed by atoms with van der Waals surface area (Å²) in [6.07, 6.45) is 0. The van der Waals surface area contributed by atoms with E-state index >= 15 is 0 Å². The molecule has 1 aromatic rings. The van der Waals surface area contributed by atoms with Crippen LogP contribution in [0.15, 0.2) is 24.3 Å². The molecule has 0 radical (unpaired) electrons. The molecule has 0 amide bonds. The molecule has 0 aromatic heterocycles. The lowest BCUT2D eigenvalue weighted by molar-refractivity contribution is 0.341. The lowest BCUT2D eigenvalue weighted by atomic mass is 10.0. The van der Waals surface area contributed by atoms with Crippen molar-refractivity contribution in [3.8, 4) is 5.75 Å². The first-order valence-electron chi connectivity index (χ1n) is 5.88. The molecule has 0 N–H and O–H groups in total. The zero-order valence-corrected chi connectivity index (χ0v) is 11.5. The van der Waals surface area contributed by atoms with Crippen LogP contribution < -0.4 is 4.74 Å². The highest BCUT2D eigenvalue weighted by atomic mass is 32.2. The van der Waals surface area contributed by atoms with Crippen molar-refractivity contribution in [1.29, 1.82) is 0 Å². The minimum absolute atomic E-state index is 0.0788. The van der Waals surface area contributed by atoms with Crippen LogP contribution in [0.25, 0.3) is 0 Å². The van der Waals surface area contributed by atoms with Crippen molar-refractivity contribution in [2.24, 2.45) is 0 Å². The van der Waals surface area contributed by atoms with Gasteiger partial charge in [-0.1, -0.05) is 32.9 Å². The summed E-state index contributed by atoms with van der Waals surface area (Å²) < 4.78 is 27.9. The van der Waals surface area contributed by atoms with Gasteiger partial charge >= 0.3 is 0 Å². The van der Waals surface area contributed by atoms with Crippen LogP contribution in [0.5, 0.6) is 5.75 Å². The number of rotatable bonds is 6. The lowest BCUT2D eigenvalue weighted by Crippen LogP contribution is -2.15. The van der Waals surface area contributed by atoms with Gasteiger partial charge in [-0.25, -0.2) is 8.42 Å². The zero-order chi connectivity index (χ0) is 12.9. The fraction of sp³-hybridized carbons (Fsp3) is 0.538. The highest BCUT2D eigenvalue weighted by Gasteiger charge is 2.07. The Morgan fingerprint density at radius 1 is 1.18 bits per heavy atom. The molecule has 0 aliphatic carbocycles. The summed E-state index contributed by atoms with van der Waals surface area (Å²) in [5, 5.41) is 0. The van der Waals surface area contributed by atoms with Gasteiger partial charge in [-0.3, -0.25) is 0 Å². The van der Waals surface area contributed by atoms with E-state index < -0.39 is 9.84 Å². The van der Waals surface area contributed by atoms with Crippen LogP contribution in [-0.2, 0) is 9.84 Å². The van der Waals surface area contributed by atoms with Gasteiger partial charge in [0.15, 0.2) is 9.84 Å². The van der Waals surface area contributed by atoms with Crippen LogP contribution in [0.1, 0.15) is 32.3 Å². The van der Waals surface area contributed by atoms with Crippen LogP contribution in [0.2, 0.25) is 0 Å². The van der Waals surface area contributed by atoms with Crippen molar-refractivity contribution >= 4 is 9.84 Å². The maximum Gasteiger partial charge on any atom is 0.153 e. The van der Waals surface area contributed by atoms with E-state index in [9.17, 15) is 8.42 Å². The first kappa shape index (κ1) is 14.0. The largest absolute Gasteiger partial charge is 0.493 e. The number of benzene rings is 1. The smallest absolute Gasteiger partial charge is 0.153 e. The number of hydrogen-bond acceptors (Lipinski definition) is 3. The molecule has 0 heterocycles. The molecular formula is C13H20O3S. The highest BCUT2D eigenvalue weighted by Crippen LogP contribution is 2.18. The third-order valence-electron chi connectivity index (χ3n) is 2.65. The Morgan fingerprint density at radius 3 is 2.24 bits per heavy atom. The highest BCUT2D eigenvalue weighted by molar-refractivity contribution is 7.91. The molecule has 0 aliphatic heterocycles. The Kier molecular flexibility index (Phi) is 5.00. The van der Waals surface area contributed by atoms with Crippen LogP contribution in [0.3, 0.4) is 0 Å². The maximum atomic E-state index is 11.3. The monoisotopic (exact) mass is 256 g/mol. The Balaban J connectivity index is 2.48. The molecule has 0 atom stereocenters. The molecule has 4 heteroatoms. The molecule has 3 nitrogen and oxygen atoms in total. The zero-order valence-electron chi connectivity index (χ0n) is 10.6. The normalized spacial score (nSPS) is 11.8. The molecule has 0 saturated heterocycles. The third-order valence-corrected chi connectivity index (χ3v) is 4.32. The molecule has 1 aromatic carbocycles. The SMILES string of the molecule is CCS(=O)(=O)CCOc1ccc(C(C)C)cc1. The summed E-state index contributed by atoms with van der Waals surface area (Å²) in [5.41, 5.74) is 1.25. The van der Waals surface area contributed by atoms with Gasteiger partial charge in [0.1, 0.15) is 12.4 Å². The van der Waals surface area contributed by atoms with Gasteiger partial charge in [0, 0.05) is 5.75 Å². The second kappa shape index (κ2) is 6.05. The van der Waals surface area contributed by atoms with Gasteiger partial charge in [0.25, 0.3) is 0 Å². The summed E-state index contributed by atoms with van der Waals surface area (Å²) >= 11 is 0. The van der Waals surface area contributed by atoms with Gasteiger partial charge in [0.2, 0.25) is 0 Å². The molecule has 0 spiro atoms. The van der Waals surface area contributed by atoms with E-state index in [2.05, 4.69) is 13.8 Å². The van der Waals surface area contributed by atoms with Crippen LogP contribution in [0.4, 0.5) is 0 Å². The Morgan fingerprint density at radius 2 is 1.76 bits per heavy atom. The van der Waals surface area contributed by atoms with Gasteiger partial charge < -0.3 is 4.74 Å². The summed E-state index contributed by atoms with van der Waals surface area (Å²) in [7, 11) is -2.94. The molecule has 96 valence electrons. The van der Waals surface area contributed by atoms with E-state index in [1.165, 1.54) is 5.56 Å². The molecule has 0 aliphatic rings. The molecule has 0 bridgehead atoms. The Bertz CT molecular complexity index is 432. The molecular weight excluding hydrogens is 236 g/mol. The number of hydrogen-bond donors (Lipinski definition) is 0. The lowest BCUT2D eigenvalue weighted by Gasteiger charge is -2.08. The van der Waals surface area contributed by atoms with Crippen molar-refractivity contribution < 1.29 is 13.2 Å². The van der Waals surface area contributed by atoms with E-state index in [0.717, 1.165) is 5.75 Å². The van der Waals surface area contributed by atoms with E-state index in [-0.39, 0.29) is 18.1 Å². The predicted molar refractivity (Wildman–Crippen MR) is 70.4 cm³/mol. The Hall–Kier alpha value is -1.03. The minimum Gasteiger partial charge on any atom is -0.493 e. The van der Waals surface area contributed by atoms with E-state index in [1.807, 2.05) is 24.3 Å². The fourth-order valence-electron chi connectivity index (χ4n) is 1.38. The fourth-order valence-corrected chi connectivity index (χ4v) is 2.01. The molecule has 1 rings (SSSR count). The molecule has 0 unspecified atom stereocenters. The van der Waals surface area contributed by atoms with Crippen molar-refractivity contribution in [1.82, 2.24) is 0 Å². The van der Waals surface area contributed by atoms with Gasteiger partial charge in [-0.2, -0.15) is 0 Å². The number of sulfone groups is 1. The second-order valence-corrected chi connectivity index (χ2v) is 6.78. The molecule has 0 fully saturated rings. The average Bonchev–Trinajstić information content (AvgIpc) is 2.29. The first-order chi connectivity index (χ1) is 7.94. The number of ether oxygens (including phenoxy) is 1. The quantitative estimate of drug-likeness (QED) is 0.786. The minimum atomic E-state index is -2.94. The van der Waals surface area contributed by atoms with Gasteiger partial charge in [0.05, 0.1) is 5.75 Å². The average molecular weight is 256 g/mol. The van der Waals surface area contributed by atoms with Gasteiger partial charge in [-0.15, -0.1) is 0 Å². The summed E-state index contributed by atoms with van der Waals surface area (Å²) in [6, 6.07) is 7.78. The standard InChI is InChI=1S/C13H20O3S/c1-4-17(14,15)10-9-16-13-7-5-12(6-8-13)11(2)3/h5-8,11H,4,9-10H2,1-3H3. The van der Waals surface area contributed by atoms with Crippen LogP contribution >= 0.6 is 0 Å². The topological polar surface area (TPSA) is 43.4 Å². The summed E-state index contributed by atoms with van der Waals surface area (Å²) in [4.78, 5) is 0. The molecule has 17 heavy (non-hydrogen) atoms. The second-order valence-electron chi connectivity index (χ2n) is 4.31. The summed E-state index contributed by atoms with van der Waals surface area (Å²) in [5.74, 6) is 1.46. The van der Waals surface area contributed by atoms with Crippen molar-refractivity contribution in [2.45, 2.75) is 26.7 Å². The predicted octanol–water partition coefficient (Wildman–Crippen LogP) is 2.62. The van der Waals surface area contributed by atoms with E-state index in [0.29, 0.717) is 5.92 Å². The van der Waals surface area contributed by atoms with Crippen molar-refractivity contribution in [3.05, 3.63) is 29.8 Å². The van der Waals surface area contributed by atoms with Crippen LogP contribution in [0, 0.1) is 0 Å². The molecule has 0 saturated carbocycles. The van der Waals surface area contributed by atoms with Crippen LogP contribution in [-0.4, -0.2) is 26.5 Å². The Labute approximate surface area is 104 Å². The summed E-state index contributed by atoms with van der Waals surface area (Å²) in [6.45, 7) is 6.12. The van der Waals surface area contributed by atoms with Gasteiger partial charge in [-0.05, 0) is 23.6 Å². The first-order valence-corrected chi connectivity index (χ1v) is 7.70.